The minimum atomic E-state index is -2.40. The van der Waals surface area contributed by atoms with E-state index in [1.54, 1.807) is 6.92 Å². The molecule has 0 bridgehead atoms. The van der Waals surface area contributed by atoms with E-state index in [1.165, 1.54) is 6.92 Å². The van der Waals surface area contributed by atoms with Crippen molar-refractivity contribution in [1.29, 1.82) is 0 Å². The first-order valence-electron chi connectivity index (χ1n) is 3.97. The lowest BCUT2D eigenvalue weighted by Crippen LogP contribution is -2.20. The topological polar surface area (TPSA) is 26.3 Å². The SMILES string of the molecule is CCOC(=O)[C@]1(C)CC1C(F)F. The molecule has 1 unspecified atom stereocenters. The summed E-state index contributed by atoms with van der Waals surface area (Å²) in [4.78, 5) is 11.1. The second-order valence-electron chi connectivity index (χ2n) is 3.28. The number of hydrogen-bond donors (Lipinski definition) is 0. The summed E-state index contributed by atoms with van der Waals surface area (Å²) in [6, 6.07) is 0. The van der Waals surface area contributed by atoms with Crippen LogP contribution in [0, 0.1) is 11.3 Å². The summed E-state index contributed by atoms with van der Waals surface area (Å²) in [7, 11) is 0. The molecule has 0 heterocycles. The third-order valence-corrected chi connectivity index (χ3v) is 2.35. The highest BCUT2D eigenvalue weighted by molar-refractivity contribution is 5.80. The van der Waals surface area contributed by atoms with E-state index in [2.05, 4.69) is 4.74 Å². The number of alkyl halides is 2. The van der Waals surface area contributed by atoms with Crippen LogP contribution in [-0.2, 0) is 9.53 Å². The first-order valence-corrected chi connectivity index (χ1v) is 3.97. The molecule has 0 aromatic carbocycles. The predicted octanol–water partition coefficient (Wildman–Crippen LogP) is 1.84. The maximum Gasteiger partial charge on any atom is 0.312 e. The quantitative estimate of drug-likeness (QED) is 0.616. The molecule has 12 heavy (non-hydrogen) atoms. The zero-order chi connectivity index (χ0) is 9.35. The number of ether oxygens (including phenoxy) is 1. The van der Waals surface area contributed by atoms with E-state index < -0.39 is 23.7 Å². The van der Waals surface area contributed by atoms with Crippen LogP contribution in [0.15, 0.2) is 0 Å². The number of carbonyl (C=O) groups is 1. The number of hydrogen-bond acceptors (Lipinski definition) is 2. The summed E-state index contributed by atoms with van der Waals surface area (Å²) in [6.45, 7) is 3.45. The van der Waals surface area contributed by atoms with Gasteiger partial charge in [-0.3, -0.25) is 4.79 Å². The number of carbonyl (C=O) groups excluding carboxylic acids is 1. The summed E-state index contributed by atoms with van der Waals surface area (Å²) >= 11 is 0. The molecule has 0 aliphatic heterocycles. The molecule has 0 radical (unpaired) electrons. The maximum atomic E-state index is 12.1. The molecule has 0 saturated heterocycles. The third kappa shape index (κ3) is 1.42. The van der Waals surface area contributed by atoms with Crippen LogP contribution < -0.4 is 0 Å². The highest BCUT2D eigenvalue weighted by atomic mass is 19.3. The molecule has 1 rings (SSSR count). The molecule has 0 spiro atoms. The predicted molar refractivity (Wildman–Crippen MR) is 38.9 cm³/mol. The molecule has 0 N–H and O–H groups in total. The van der Waals surface area contributed by atoms with Crippen LogP contribution in [0.5, 0.6) is 0 Å². The molecule has 2 nitrogen and oxygen atoms in total. The van der Waals surface area contributed by atoms with E-state index in [4.69, 9.17) is 0 Å². The number of esters is 1. The fraction of sp³-hybridized carbons (Fsp3) is 0.875. The van der Waals surface area contributed by atoms with Gasteiger partial charge in [0.2, 0.25) is 6.43 Å². The van der Waals surface area contributed by atoms with Crippen LogP contribution in [-0.4, -0.2) is 19.0 Å². The highest BCUT2D eigenvalue weighted by Gasteiger charge is 2.61. The molecule has 1 aliphatic rings. The molecule has 1 aliphatic carbocycles. The van der Waals surface area contributed by atoms with Crippen LogP contribution in [0.2, 0.25) is 0 Å². The van der Waals surface area contributed by atoms with Crippen molar-refractivity contribution in [3.8, 4) is 0 Å². The molecule has 2 atom stereocenters. The lowest BCUT2D eigenvalue weighted by Gasteiger charge is -2.08. The van der Waals surface area contributed by atoms with Gasteiger partial charge >= 0.3 is 5.97 Å². The van der Waals surface area contributed by atoms with Crippen LogP contribution in [0.4, 0.5) is 8.78 Å². The van der Waals surface area contributed by atoms with Gasteiger partial charge in [0.25, 0.3) is 0 Å². The smallest absolute Gasteiger partial charge is 0.312 e. The van der Waals surface area contributed by atoms with Gasteiger partial charge in [-0.2, -0.15) is 0 Å². The summed E-state index contributed by atoms with van der Waals surface area (Å²) in [5.41, 5.74) is -0.913. The Kier molecular flexibility index (Phi) is 2.35. The summed E-state index contributed by atoms with van der Waals surface area (Å²) in [5.74, 6) is -1.29. The van der Waals surface area contributed by atoms with Gasteiger partial charge in [-0.15, -0.1) is 0 Å². The zero-order valence-electron chi connectivity index (χ0n) is 7.14. The van der Waals surface area contributed by atoms with E-state index in [1.807, 2.05) is 0 Å². The lowest BCUT2D eigenvalue weighted by atomic mass is 10.1. The molecule has 0 amide bonds. The second-order valence-corrected chi connectivity index (χ2v) is 3.28. The molecule has 0 aromatic rings. The fourth-order valence-electron chi connectivity index (χ4n) is 1.30. The van der Waals surface area contributed by atoms with Gasteiger partial charge < -0.3 is 4.74 Å². The summed E-state index contributed by atoms with van der Waals surface area (Å²) in [6.07, 6.45) is -2.15. The van der Waals surface area contributed by atoms with Crippen LogP contribution in [0.1, 0.15) is 20.3 Å². The van der Waals surface area contributed by atoms with Gasteiger partial charge in [-0.25, -0.2) is 8.78 Å². The van der Waals surface area contributed by atoms with Crippen LogP contribution in [0.3, 0.4) is 0 Å². The van der Waals surface area contributed by atoms with Gasteiger partial charge in [0.1, 0.15) is 0 Å². The van der Waals surface area contributed by atoms with E-state index in [0.717, 1.165) is 0 Å². The van der Waals surface area contributed by atoms with Gasteiger partial charge in [-0.1, -0.05) is 0 Å². The van der Waals surface area contributed by atoms with Crippen molar-refractivity contribution in [3.63, 3.8) is 0 Å². The van der Waals surface area contributed by atoms with Crippen LogP contribution >= 0.6 is 0 Å². The Hall–Kier alpha value is -0.670. The largest absolute Gasteiger partial charge is 0.466 e. The van der Waals surface area contributed by atoms with Gasteiger partial charge in [0.05, 0.1) is 12.0 Å². The molecular formula is C8H12F2O2. The molecule has 1 fully saturated rings. The average molecular weight is 178 g/mol. The molecule has 0 aromatic heterocycles. The Bertz CT molecular complexity index is 193. The monoisotopic (exact) mass is 178 g/mol. The number of halogens is 2. The highest BCUT2D eigenvalue weighted by Crippen LogP contribution is 2.56. The number of rotatable bonds is 3. The Morgan fingerprint density at radius 3 is 2.67 bits per heavy atom. The van der Waals surface area contributed by atoms with Gasteiger partial charge in [-0.05, 0) is 20.3 Å². The lowest BCUT2D eigenvalue weighted by molar-refractivity contribution is -0.150. The van der Waals surface area contributed by atoms with Crippen molar-refractivity contribution in [2.24, 2.45) is 11.3 Å². The molecule has 70 valence electrons. The third-order valence-electron chi connectivity index (χ3n) is 2.35. The van der Waals surface area contributed by atoms with E-state index in [9.17, 15) is 13.6 Å². The second kappa shape index (κ2) is 2.99. The minimum Gasteiger partial charge on any atom is -0.466 e. The fourth-order valence-corrected chi connectivity index (χ4v) is 1.30. The van der Waals surface area contributed by atoms with E-state index >= 15 is 0 Å². The zero-order valence-corrected chi connectivity index (χ0v) is 7.14. The Morgan fingerprint density at radius 2 is 2.33 bits per heavy atom. The van der Waals surface area contributed by atoms with Crippen molar-refractivity contribution in [1.82, 2.24) is 0 Å². The van der Waals surface area contributed by atoms with Crippen molar-refractivity contribution in [3.05, 3.63) is 0 Å². The van der Waals surface area contributed by atoms with Crippen molar-refractivity contribution < 1.29 is 18.3 Å². The molecular weight excluding hydrogens is 166 g/mol. The summed E-state index contributed by atoms with van der Waals surface area (Å²) in [5, 5.41) is 0. The van der Waals surface area contributed by atoms with Crippen molar-refractivity contribution in [2.45, 2.75) is 26.7 Å². The summed E-state index contributed by atoms with van der Waals surface area (Å²) < 4.78 is 28.9. The molecule has 4 heteroatoms. The Balaban J connectivity index is 2.49. The van der Waals surface area contributed by atoms with E-state index in [0.29, 0.717) is 0 Å². The van der Waals surface area contributed by atoms with Gasteiger partial charge in [0.15, 0.2) is 0 Å². The minimum absolute atomic E-state index is 0.253. The van der Waals surface area contributed by atoms with Crippen molar-refractivity contribution in [2.75, 3.05) is 6.61 Å². The normalized spacial score (nSPS) is 33.6. The van der Waals surface area contributed by atoms with Crippen molar-refractivity contribution >= 4 is 5.97 Å². The average Bonchev–Trinajstić information content (AvgIpc) is 2.65. The van der Waals surface area contributed by atoms with Gasteiger partial charge in [0, 0.05) is 5.92 Å². The Morgan fingerprint density at radius 1 is 1.75 bits per heavy atom. The van der Waals surface area contributed by atoms with Crippen LogP contribution in [0.25, 0.3) is 0 Å². The molecule has 1 saturated carbocycles. The first-order chi connectivity index (χ1) is 5.52. The maximum absolute atomic E-state index is 12.1. The standard InChI is InChI=1S/C8H12F2O2/c1-3-12-7(11)8(2)4-5(8)6(9)10/h5-6H,3-4H2,1-2H3/t5?,8-/m1/s1. The Labute approximate surface area is 69.9 Å². The van der Waals surface area contributed by atoms with E-state index in [-0.39, 0.29) is 13.0 Å². The first kappa shape index (κ1) is 9.42.